The second kappa shape index (κ2) is 8.36. The quantitative estimate of drug-likeness (QED) is 0.867. The molecule has 1 aliphatic heterocycles. The van der Waals surface area contributed by atoms with E-state index in [0.717, 1.165) is 38.3 Å². The number of hydrogen-bond acceptors (Lipinski definition) is 3. The summed E-state index contributed by atoms with van der Waals surface area (Å²) in [6, 6.07) is 12.7. The van der Waals surface area contributed by atoms with Crippen LogP contribution in [-0.4, -0.2) is 52.8 Å². The second-order valence-corrected chi connectivity index (χ2v) is 7.28. The van der Waals surface area contributed by atoms with Gasteiger partial charge in [-0.1, -0.05) is 37.3 Å². The molecule has 26 heavy (non-hydrogen) atoms. The van der Waals surface area contributed by atoms with Crippen LogP contribution in [0.15, 0.2) is 36.4 Å². The maximum atomic E-state index is 11.6. The van der Waals surface area contributed by atoms with Crippen molar-refractivity contribution in [2.45, 2.75) is 38.9 Å². The summed E-state index contributed by atoms with van der Waals surface area (Å²) >= 11 is 0. The summed E-state index contributed by atoms with van der Waals surface area (Å²) in [7, 11) is 3.48. The Morgan fingerprint density at radius 3 is 2.77 bits per heavy atom. The van der Waals surface area contributed by atoms with Crippen LogP contribution in [0.1, 0.15) is 36.2 Å². The van der Waals surface area contributed by atoms with Gasteiger partial charge in [0.05, 0.1) is 24.5 Å². The summed E-state index contributed by atoms with van der Waals surface area (Å²) in [6.07, 6.45) is 1.16. The molecule has 1 aliphatic rings. The Bertz CT molecular complexity index is 725. The van der Waals surface area contributed by atoms with Gasteiger partial charge in [-0.25, -0.2) is 4.79 Å². The highest BCUT2D eigenvalue weighted by Gasteiger charge is 2.19. The van der Waals surface area contributed by atoms with Crippen molar-refractivity contribution in [2.24, 2.45) is 0 Å². The molecule has 140 valence electrons. The molecule has 6 heteroatoms. The van der Waals surface area contributed by atoms with Crippen LogP contribution >= 0.6 is 0 Å². The highest BCUT2D eigenvalue weighted by molar-refractivity contribution is 5.73. The van der Waals surface area contributed by atoms with Crippen LogP contribution in [0.25, 0.3) is 0 Å². The number of nitrogens with zero attached hydrogens (tertiary/aromatic N) is 4. The largest absolute Gasteiger partial charge is 0.332 e. The summed E-state index contributed by atoms with van der Waals surface area (Å²) in [6.45, 7) is 6.73. The number of carbonyl (C=O) groups is 1. The molecule has 0 saturated heterocycles. The van der Waals surface area contributed by atoms with E-state index in [2.05, 4.69) is 63.3 Å². The number of urea groups is 1. The minimum atomic E-state index is -0.0903. The van der Waals surface area contributed by atoms with Crippen LogP contribution in [0, 0.1) is 0 Å². The van der Waals surface area contributed by atoms with E-state index in [-0.39, 0.29) is 6.03 Å². The van der Waals surface area contributed by atoms with E-state index >= 15 is 0 Å². The van der Waals surface area contributed by atoms with E-state index in [9.17, 15) is 4.79 Å². The molecule has 0 spiro atoms. The van der Waals surface area contributed by atoms with Crippen LogP contribution < -0.4 is 5.32 Å². The number of carbonyl (C=O) groups excluding carboxylic acids is 1. The lowest BCUT2D eigenvalue weighted by Crippen LogP contribution is -2.35. The lowest BCUT2D eigenvalue weighted by atomic mass is 9.97. The predicted octanol–water partition coefficient (Wildman–Crippen LogP) is 2.66. The lowest BCUT2D eigenvalue weighted by Gasteiger charge is -2.28. The topological polar surface area (TPSA) is 53.4 Å². The maximum Gasteiger partial charge on any atom is 0.317 e. The zero-order valence-corrected chi connectivity index (χ0v) is 16.0. The maximum absolute atomic E-state index is 11.6. The van der Waals surface area contributed by atoms with Gasteiger partial charge in [-0.2, -0.15) is 5.10 Å². The third-order valence-corrected chi connectivity index (χ3v) is 5.00. The number of aromatic nitrogens is 2. The number of hydrogen-bond donors (Lipinski definition) is 1. The Morgan fingerprint density at radius 1 is 1.27 bits per heavy atom. The van der Waals surface area contributed by atoms with Gasteiger partial charge in [0.2, 0.25) is 0 Å². The molecule has 1 aromatic carbocycles. The monoisotopic (exact) mass is 355 g/mol. The van der Waals surface area contributed by atoms with Crippen LogP contribution in [0.2, 0.25) is 0 Å². The smallest absolute Gasteiger partial charge is 0.317 e. The molecular weight excluding hydrogens is 326 g/mol. The molecule has 1 N–H and O–H groups in total. The first-order valence-electron chi connectivity index (χ1n) is 9.31. The first-order valence-corrected chi connectivity index (χ1v) is 9.31. The molecule has 0 radical (unpaired) electrons. The first kappa shape index (κ1) is 18.5. The van der Waals surface area contributed by atoms with Gasteiger partial charge in [0, 0.05) is 27.2 Å². The van der Waals surface area contributed by atoms with Crippen molar-refractivity contribution in [3.05, 3.63) is 53.3 Å². The van der Waals surface area contributed by atoms with Crippen molar-refractivity contribution < 1.29 is 4.79 Å². The van der Waals surface area contributed by atoms with Gasteiger partial charge in [-0.15, -0.1) is 0 Å². The van der Waals surface area contributed by atoms with E-state index in [1.165, 1.54) is 16.2 Å². The van der Waals surface area contributed by atoms with Gasteiger partial charge in [0.15, 0.2) is 0 Å². The Labute approximate surface area is 155 Å². The summed E-state index contributed by atoms with van der Waals surface area (Å²) < 4.78 is 2.08. The standard InChI is InChI=1S/C20H29N5O/c1-16(17-7-5-4-6-8-17)9-10-24-11-12-25-19(15-24)13-18(22-25)14-21-20(26)23(2)3/h4-8,13,16H,9-12,14-15H2,1-3H3,(H,21,26)/t16-/m1/s1. The van der Waals surface area contributed by atoms with Gasteiger partial charge >= 0.3 is 6.03 Å². The zero-order chi connectivity index (χ0) is 18.5. The van der Waals surface area contributed by atoms with Crippen molar-refractivity contribution in [2.75, 3.05) is 27.2 Å². The first-order chi connectivity index (χ1) is 12.5. The fourth-order valence-corrected chi connectivity index (χ4v) is 3.31. The van der Waals surface area contributed by atoms with Gasteiger partial charge in [-0.05, 0) is 30.5 Å². The Hall–Kier alpha value is -2.34. The molecular formula is C20H29N5O. The zero-order valence-electron chi connectivity index (χ0n) is 16.0. The SMILES string of the molecule is C[C@H](CCN1CCn2nc(CNC(=O)N(C)C)cc2C1)c1ccccc1. The average molecular weight is 355 g/mol. The molecule has 0 bridgehead atoms. The predicted molar refractivity (Wildman–Crippen MR) is 103 cm³/mol. The molecule has 0 aliphatic carbocycles. The van der Waals surface area contributed by atoms with Crippen LogP contribution in [-0.2, 0) is 19.6 Å². The number of nitrogens with one attached hydrogen (secondary N) is 1. The highest BCUT2D eigenvalue weighted by Crippen LogP contribution is 2.21. The fraction of sp³-hybridized carbons (Fsp3) is 0.500. The molecule has 0 fully saturated rings. The average Bonchev–Trinajstić information content (AvgIpc) is 3.06. The van der Waals surface area contributed by atoms with Gasteiger partial charge in [0.25, 0.3) is 0 Å². The molecule has 3 rings (SSSR count). The van der Waals surface area contributed by atoms with Crippen molar-refractivity contribution >= 4 is 6.03 Å². The number of amides is 2. The van der Waals surface area contributed by atoms with E-state index in [1.54, 1.807) is 14.1 Å². The van der Waals surface area contributed by atoms with Gasteiger partial charge < -0.3 is 10.2 Å². The number of benzene rings is 1. The highest BCUT2D eigenvalue weighted by atomic mass is 16.2. The van der Waals surface area contributed by atoms with E-state index in [1.807, 2.05) is 0 Å². The van der Waals surface area contributed by atoms with Crippen molar-refractivity contribution in [1.82, 2.24) is 24.9 Å². The van der Waals surface area contributed by atoms with Crippen LogP contribution in [0.4, 0.5) is 4.79 Å². The molecule has 0 saturated carbocycles. The fourth-order valence-electron chi connectivity index (χ4n) is 3.31. The lowest BCUT2D eigenvalue weighted by molar-refractivity contribution is 0.207. The molecule has 6 nitrogen and oxygen atoms in total. The van der Waals surface area contributed by atoms with Gasteiger partial charge in [-0.3, -0.25) is 9.58 Å². The third-order valence-electron chi connectivity index (χ3n) is 5.00. The third kappa shape index (κ3) is 4.64. The Kier molecular flexibility index (Phi) is 5.93. The Morgan fingerprint density at radius 2 is 2.04 bits per heavy atom. The molecule has 1 aromatic heterocycles. The van der Waals surface area contributed by atoms with E-state index < -0.39 is 0 Å². The van der Waals surface area contributed by atoms with Gasteiger partial charge in [0.1, 0.15) is 0 Å². The molecule has 2 heterocycles. The van der Waals surface area contributed by atoms with E-state index in [4.69, 9.17) is 0 Å². The number of fused-ring (bicyclic) bond motifs is 1. The summed E-state index contributed by atoms with van der Waals surface area (Å²) in [5.41, 5.74) is 3.57. The van der Waals surface area contributed by atoms with Crippen molar-refractivity contribution in [3.63, 3.8) is 0 Å². The minimum absolute atomic E-state index is 0.0903. The molecule has 2 amide bonds. The van der Waals surface area contributed by atoms with Crippen LogP contribution in [0.3, 0.4) is 0 Å². The molecule has 0 unspecified atom stereocenters. The molecule has 1 atom stereocenters. The number of rotatable bonds is 6. The second-order valence-electron chi connectivity index (χ2n) is 7.28. The van der Waals surface area contributed by atoms with Crippen molar-refractivity contribution in [3.8, 4) is 0 Å². The van der Waals surface area contributed by atoms with Crippen LogP contribution in [0.5, 0.6) is 0 Å². The van der Waals surface area contributed by atoms with E-state index in [0.29, 0.717) is 12.5 Å². The van der Waals surface area contributed by atoms with Crippen molar-refractivity contribution in [1.29, 1.82) is 0 Å². The summed E-state index contributed by atoms with van der Waals surface area (Å²) in [5.74, 6) is 0.569. The molecule has 2 aromatic rings. The summed E-state index contributed by atoms with van der Waals surface area (Å²) in [4.78, 5) is 15.7. The summed E-state index contributed by atoms with van der Waals surface area (Å²) in [5, 5.41) is 7.49. The normalized spacial score (nSPS) is 15.3. The Balaban J connectivity index is 1.50. The minimum Gasteiger partial charge on any atom is -0.332 e.